The van der Waals surface area contributed by atoms with Gasteiger partial charge in [-0.3, -0.25) is 4.79 Å². The molecule has 0 spiro atoms. The highest BCUT2D eigenvalue weighted by Gasteiger charge is 2.16. The Bertz CT molecular complexity index is 730. The molecule has 22 heavy (non-hydrogen) atoms. The molecule has 0 heterocycles. The first kappa shape index (κ1) is 15.5. The van der Waals surface area contributed by atoms with Gasteiger partial charge in [-0.2, -0.15) is 5.26 Å². The van der Waals surface area contributed by atoms with Crippen molar-refractivity contribution in [2.24, 2.45) is 4.99 Å². The predicted octanol–water partition coefficient (Wildman–Crippen LogP) is 3.55. The first-order valence-corrected chi connectivity index (χ1v) is 6.87. The van der Waals surface area contributed by atoms with E-state index in [1.165, 1.54) is 7.11 Å². The van der Waals surface area contributed by atoms with Crippen molar-refractivity contribution < 1.29 is 9.53 Å². The molecule has 4 nitrogen and oxygen atoms in total. The molecule has 0 aliphatic heterocycles. The molecule has 0 saturated carbocycles. The van der Waals surface area contributed by atoms with Crippen LogP contribution >= 0.6 is 0 Å². The summed E-state index contributed by atoms with van der Waals surface area (Å²) in [5.74, 6) is 0.0887. The molecule has 0 bridgehead atoms. The number of benzene rings is 2. The molecular weight excluding hydrogens is 276 g/mol. The maximum Gasteiger partial charge on any atom is 0.208 e. The van der Waals surface area contributed by atoms with Crippen molar-refractivity contribution in [2.75, 3.05) is 7.11 Å². The molecule has 0 saturated heterocycles. The molecule has 0 aliphatic rings. The smallest absolute Gasteiger partial charge is 0.208 e. The second-order valence-electron chi connectivity index (χ2n) is 4.80. The summed E-state index contributed by atoms with van der Waals surface area (Å²) in [6.45, 7) is 1.88. The van der Waals surface area contributed by atoms with E-state index < -0.39 is 0 Å². The van der Waals surface area contributed by atoms with Gasteiger partial charge in [0.25, 0.3) is 0 Å². The minimum atomic E-state index is -0.201. The summed E-state index contributed by atoms with van der Waals surface area (Å²) in [6.07, 6.45) is 1.73. The van der Waals surface area contributed by atoms with E-state index in [1.807, 2.05) is 43.3 Å². The zero-order chi connectivity index (χ0) is 15.9. The summed E-state index contributed by atoms with van der Waals surface area (Å²) in [7, 11) is 1.48. The Morgan fingerprint density at radius 3 is 2.45 bits per heavy atom. The van der Waals surface area contributed by atoms with Crippen molar-refractivity contribution in [1.82, 2.24) is 0 Å². The number of carbonyl (C=O) groups excluding carboxylic acids is 1. The average Bonchev–Trinajstić information content (AvgIpc) is 2.59. The molecule has 0 aliphatic carbocycles. The molecule has 0 aromatic heterocycles. The van der Waals surface area contributed by atoms with Crippen LogP contribution in [0.1, 0.15) is 34.3 Å². The molecule has 1 unspecified atom stereocenters. The van der Waals surface area contributed by atoms with E-state index in [-0.39, 0.29) is 11.7 Å². The van der Waals surface area contributed by atoms with Crippen LogP contribution in [0.25, 0.3) is 0 Å². The number of aliphatic imine (C=N–C) groups is 1. The molecule has 0 fully saturated rings. The summed E-state index contributed by atoms with van der Waals surface area (Å²) in [5, 5.41) is 8.68. The molecule has 0 amide bonds. The van der Waals surface area contributed by atoms with Crippen molar-refractivity contribution in [3.8, 4) is 6.19 Å². The van der Waals surface area contributed by atoms with Gasteiger partial charge < -0.3 is 4.74 Å². The van der Waals surface area contributed by atoms with Crippen LogP contribution in [0.5, 0.6) is 0 Å². The van der Waals surface area contributed by atoms with Gasteiger partial charge in [-0.15, -0.1) is 4.99 Å². The number of methoxy groups -OCH3 is 1. The van der Waals surface area contributed by atoms with Gasteiger partial charge in [0.1, 0.15) is 0 Å². The lowest BCUT2D eigenvalue weighted by atomic mass is 9.95. The van der Waals surface area contributed by atoms with Crippen LogP contribution in [0.4, 0.5) is 0 Å². The summed E-state index contributed by atoms with van der Waals surface area (Å²) in [5.41, 5.74) is 2.12. The Hall–Kier alpha value is -2.93. The Labute approximate surface area is 129 Å². The summed E-state index contributed by atoms with van der Waals surface area (Å²) in [6, 6.07) is 16.4. The third-order valence-corrected chi connectivity index (χ3v) is 3.42. The van der Waals surface area contributed by atoms with E-state index in [0.29, 0.717) is 17.0 Å². The molecule has 110 valence electrons. The standard InChI is InChI=1S/C18H16N2O2/c1-13(18(22-2)20-12-19)15-9-6-10-16(11-15)17(21)14-7-4-3-5-8-14/h3-11,13H,1-2H3. The van der Waals surface area contributed by atoms with Gasteiger partial charge in [0.15, 0.2) is 5.78 Å². The van der Waals surface area contributed by atoms with Crippen molar-refractivity contribution >= 4 is 11.7 Å². The van der Waals surface area contributed by atoms with E-state index in [0.717, 1.165) is 5.56 Å². The van der Waals surface area contributed by atoms with Crippen LogP contribution < -0.4 is 0 Å². The minimum Gasteiger partial charge on any atom is -0.483 e. The van der Waals surface area contributed by atoms with Crippen molar-refractivity contribution in [2.45, 2.75) is 12.8 Å². The first-order chi connectivity index (χ1) is 10.7. The molecule has 0 radical (unpaired) electrons. The third-order valence-electron chi connectivity index (χ3n) is 3.42. The largest absolute Gasteiger partial charge is 0.483 e. The van der Waals surface area contributed by atoms with E-state index in [4.69, 9.17) is 10.00 Å². The predicted molar refractivity (Wildman–Crippen MR) is 84.8 cm³/mol. The Morgan fingerprint density at radius 1 is 1.14 bits per heavy atom. The highest BCUT2D eigenvalue weighted by atomic mass is 16.5. The monoisotopic (exact) mass is 292 g/mol. The van der Waals surface area contributed by atoms with E-state index in [9.17, 15) is 4.79 Å². The molecule has 2 rings (SSSR count). The lowest BCUT2D eigenvalue weighted by Crippen LogP contribution is -2.12. The molecule has 2 aromatic carbocycles. The van der Waals surface area contributed by atoms with Crippen LogP contribution in [0.3, 0.4) is 0 Å². The van der Waals surface area contributed by atoms with Crippen molar-refractivity contribution in [3.63, 3.8) is 0 Å². The zero-order valence-corrected chi connectivity index (χ0v) is 12.5. The van der Waals surface area contributed by atoms with Gasteiger partial charge in [-0.05, 0) is 18.6 Å². The Morgan fingerprint density at radius 2 is 1.82 bits per heavy atom. The zero-order valence-electron chi connectivity index (χ0n) is 12.5. The highest BCUT2D eigenvalue weighted by molar-refractivity contribution is 6.09. The van der Waals surface area contributed by atoms with E-state index >= 15 is 0 Å². The van der Waals surface area contributed by atoms with Crippen LogP contribution in [0.2, 0.25) is 0 Å². The third kappa shape index (κ3) is 3.39. The van der Waals surface area contributed by atoms with Crippen LogP contribution in [0, 0.1) is 11.5 Å². The highest BCUT2D eigenvalue weighted by Crippen LogP contribution is 2.20. The molecule has 2 aromatic rings. The maximum absolute atomic E-state index is 12.5. The van der Waals surface area contributed by atoms with Crippen molar-refractivity contribution in [3.05, 3.63) is 71.3 Å². The average molecular weight is 292 g/mol. The van der Waals surface area contributed by atoms with Crippen molar-refractivity contribution in [1.29, 1.82) is 5.26 Å². The summed E-state index contributed by atoms with van der Waals surface area (Å²) < 4.78 is 5.13. The number of hydrogen-bond acceptors (Lipinski definition) is 4. The molecule has 0 N–H and O–H groups in total. The summed E-state index contributed by atoms with van der Waals surface area (Å²) >= 11 is 0. The second-order valence-corrected chi connectivity index (χ2v) is 4.80. The van der Waals surface area contributed by atoms with Crippen LogP contribution in [-0.2, 0) is 4.74 Å². The van der Waals surface area contributed by atoms with E-state index in [1.54, 1.807) is 24.4 Å². The molecular formula is C18H16N2O2. The number of hydrogen-bond donors (Lipinski definition) is 0. The van der Waals surface area contributed by atoms with E-state index in [2.05, 4.69) is 4.99 Å². The SMILES string of the molecule is COC(=NC#N)C(C)c1cccc(C(=O)c2ccccc2)c1. The van der Waals surface area contributed by atoms with Gasteiger partial charge in [0, 0.05) is 11.1 Å². The molecule has 4 heteroatoms. The maximum atomic E-state index is 12.5. The normalized spacial score (nSPS) is 12.3. The van der Waals surface area contributed by atoms with Gasteiger partial charge in [0.05, 0.1) is 13.0 Å². The second kappa shape index (κ2) is 7.19. The fourth-order valence-corrected chi connectivity index (χ4v) is 2.22. The van der Waals surface area contributed by atoms with Gasteiger partial charge in [-0.1, -0.05) is 48.5 Å². The summed E-state index contributed by atoms with van der Waals surface area (Å²) in [4.78, 5) is 16.1. The minimum absolute atomic E-state index is 0.0363. The number of ketones is 1. The number of carbonyl (C=O) groups is 1. The number of nitrogens with zero attached hydrogens (tertiary/aromatic N) is 2. The fraction of sp³-hybridized carbons (Fsp3) is 0.167. The number of nitriles is 1. The van der Waals surface area contributed by atoms with Gasteiger partial charge in [0.2, 0.25) is 12.1 Å². The number of ether oxygens (including phenoxy) is 1. The lowest BCUT2D eigenvalue weighted by molar-refractivity contribution is 0.103. The quantitative estimate of drug-likeness (QED) is 0.375. The lowest BCUT2D eigenvalue weighted by Gasteiger charge is -2.13. The van der Waals surface area contributed by atoms with Gasteiger partial charge in [-0.25, -0.2) is 0 Å². The van der Waals surface area contributed by atoms with Crippen LogP contribution in [0.15, 0.2) is 59.6 Å². The van der Waals surface area contributed by atoms with Crippen LogP contribution in [-0.4, -0.2) is 18.8 Å². The number of rotatable bonds is 4. The Kier molecular flexibility index (Phi) is 5.05. The fourth-order valence-electron chi connectivity index (χ4n) is 2.22. The first-order valence-electron chi connectivity index (χ1n) is 6.87. The molecule has 1 atom stereocenters. The topological polar surface area (TPSA) is 62.4 Å². The Balaban J connectivity index is 2.33. The van der Waals surface area contributed by atoms with Gasteiger partial charge >= 0.3 is 0 Å².